The second-order valence-electron chi connectivity index (χ2n) is 10.5. The fourth-order valence-electron chi connectivity index (χ4n) is 5.93. The van der Waals surface area contributed by atoms with Gasteiger partial charge in [0.05, 0.1) is 0 Å². The van der Waals surface area contributed by atoms with Gasteiger partial charge >= 0.3 is 0 Å². The number of hydrogen-bond acceptors (Lipinski definition) is 1. The highest BCUT2D eigenvalue weighted by molar-refractivity contribution is 6.06. The molecule has 256 valence electrons. The zero-order valence-electron chi connectivity index (χ0n) is 31.3. The highest BCUT2D eigenvalue weighted by atomic mass is 14.9. The van der Waals surface area contributed by atoms with Gasteiger partial charge in [-0.15, -0.1) is 0 Å². The van der Waals surface area contributed by atoms with Gasteiger partial charge in [0.25, 0.3) is 0 Å². The molecule has 1 aliphatic heterocycles. The highest BCUT2D eigenvalue weighted by Gasteiger charge is 2.08. The van der Waals surface area contributed by atoms with Gasteiger partial charge in [-0.1, -0.05) is 166 Å². The molecule has 0 spiro atoms. The number of nitrogens with one attached hydrogen (secondary N) is 1. The summed E-state index contributed by atoms with van der Waals surface area (Å²) in [6.07, 6.45) is 4.22. The average molecular weight is 634 g/mol. The maximum Gasteiger partial charge on any atom is -0.00489 e. The Morgan fingerprint density at radius 3 is 0.596 bits per heavy atom. The van der Waals surface area contributed by atoms with Crippen LogP contribution in [0, 0.1) is 27.7 Å². The van der Waals surface area contributed by atoms with Gasteiger partial charge in [-0.25, -0.2) is 0 Å². The molecule has 6 aromatic carbocycles. The largest absolute Gasteiger partial charge is 0.317 e. The van der Waals surface area contributed by atoms with E-state index < -0.39 is 0 Å². The van der Waals surface area contributed by atoms with Gasteiger partial charge in [-0.05, 0) is 119 Å². The van der Waals surface area contributed by atoms with Crippen LogP contribution in [-0.4, -0.2) is 13.1 Å². The minimum atomic E-state index is 0. The molecule has 1 saturated heterocycles. The number of fused-ring (bicyclic) bond motifs is 4. The van der Waals surface area contributed by atoms with Gasteiger partial charge in [0.2, 0.25) is 0 Å². The number of rotatable bonds is 0. The predicted molar refractivity (Wildman–Crippen MR) is 221 cm³/mol. The van der Waals surface area contributed by atoms with Crippen molar-refractivity contribution in [1.29, 1.82) is 0 Å². The van der Waals surface area contributed by atoms with Gasteiger partial charge in [-0.3, -0.25) is 0 Å². The maximum atomic E-state index is 3.28. The average Bonchev–Trinajstić information content (AvgIpc) is 3.17. The van der Waals surface area contributed by atoms with E-state index in [-0.39, 0.29) is 7.43 Å². The Hall–Kier alpha value is -3.68. The Bertz CT molecular complexity index is 1340. The Labute approximate surface area is 289 Å². The zero-order chi connectivity index (χ0) is 34.5. The Morgan fingerprint density at radius 2 is 0.489 bits per heavy atom. The smallest absolute Gasteiger partial charge is 0.00489 e. The molecule has 0 radical (unpaired) electrons. The maximum absolute atomic E-state index is 3.28. The third kappa shape index (κ3) is 11.2. The van der Waals surface area contributed by atoms with Gasteiger partial charge in [0.1, 0.15) is 0 Å². The molecule has 1 nitrogen and oxygen atoms in total. The topological polar surface area (TPSA) is 12.0 Å². The summed E-state index contributed by atoms with van der Waals surface area (Å²) in [5.74, 6) is 0. The standard InChI is InChI=1S/2C16H14.C5H11N.4C2H6.CH4/c2*1-11-13-7-3-5-9-15(13)12(2)16-10-6-4-8-14(11)16;1-2-4-6-5-3-1;4*1-2;/h2*3-10H,1-2H3;6H,1-5H2;4*1-2H3;1H4. The lowest BCUT2D eigenvalue weighted by atomic mass is 9.93. The van der Waals surface area contributed by atoms with E-state index in [0.29, 0.717) is 0 Å². The fourth-order valence-corrected chi connectivity index (χ4v) is 5.93. The zero-order valence-corrected chi connectivity index (χ0v) is 31.3. The first kappa shape index (κ1) is 43.3. The first-order valence-corrected chi connectivity index (χ1v) is 18.0. The Morgan fingerprint density at radius 1 is 0.319 bits per heavy atom. The van der Waals surface area contributed by atoms with Crippen LogP contribution in [0.1, 0.15) is 104 Å². The van der Waals surface area contributed by atoms with Crippen molar-refractivity contribution in [1.82, 2.24) is 5.32 Å². The van der Waals surface area contributed by atoms with E-state index in [2.05, 4.69) is 130 Å². The number of benzene rings is 6. The molecule has 0 aliphatic carbocycles. The molecule has 6 aromatic rings. The molecule has 7 rings (SSSR count). The third-order valence-electron chi connectivity index (χ3n) is 8.15. The van der Waals surface area contributed by atoms with Gasteiger partial charge in [0, 0.05) is 0 Å². The highest BCUT2D eigenvalue weighted by Crippen LogP contribution is 2.32. The van der Waals surface area contributed by atoms with E-state index in [4.69, 9.17) is 0 Å². The van der Waals surface area contributed by atoms with Crippen molar-refractivity contribution in [2.75, 3.05) is 13.1 Å². The first-order valence-electron chi connectivity index (χ1n) is 18.0. The molecule has 1 aliphatic rings. The van der Waals surface area contributed by atoms with E-state index in [9.17, 15) is 0 Å². The van der Waals surface area contributed by atoms with E-state index in [1.54, 1.807) is 0 Å². The van der Waals surface area contributed by atoms with Crippen LogP contribution in [0.2, 0.25) is 0 Å². The first-order chi connectivity index (χ1) is 22.6. The van der Waals surface area contributed by atoms with E-state index >= 15 is 0 Å². The Balaban J connectivity index is 0.000000642. The lowest BCUT2D eigenvalue weighted by Crippen LogP contribution is -2.21. The summed E-state index contributed by atoms with van der Waals surface area (Å²) in [6.45, 7) is 27.3. The second-order valence-corrected chi connectivity index (χ2v) is 10.5. The molecule has 0 unspecified atom stereocenters. The molecule has 1 heterocycles. The molecule has 0 amide bonds. The molecule has 1 heteroatoms. The monoisotopic (exact) mass is 634 g/mol. The number of piperidine rings is 1. The summed E-state index contributed by atoms with van der Waals surface area (Å²) in [7, 11) is 0. The molecular formula is C46H67N. The number of aryl methyl sites for hydroxylation is 4. The molecule has 1 fully saturated rings. The van der Waals surface area contributed by atoms with Crippen LogP contribution >= 0.6 is 0 Å². The number of hydrogen-bond donors (Lipinski definition) is 1. The second kappa shape index (κ2) is 24.5. The molecule has 1 N–H and O–H groups in total. The van der Waals surface area contributed by atoms with Crippen LogP contribution in [0.5, 0.6) is 0 Å². The summed E-state index contributed by atoms with van der Waals surface area (Å²) in [4.78, 5) is 0. The summed E-state index contributed by atoms with van der Waals surface area (Å²) in [6, 6.07) is 34.6. The summed E-state index contributed by atoms with van der Waals surface area (Å²) >= 11 is 0. The van der Waals surface area contributed by atoms with Crippen LogP contribution in [-0.2, 0) is 0 Å². The normalized spacial score (nSPS) is 11.1. The lowest BCUT2D eigenvalue weighted by molar-refractivity contribution is 0.520. The van der Waals surface area contributed by atoms with Crippen LogP contribution in [0.4, 0.5) is 0 Å². The van der Waals surface area contributed by atoms with Crippen molar-refractivity contribution < 1.29 is 0 Å². The summed E-state index contributed by atoms with van der Waals surface area (Å²) < 4.78 is 0. The quantitative estimate of drug-likeness (QED) is 0.164. The van der Waals surface area contributed by atoms with E-state index in [0.717, 1.165) is 0 Å². The summed E-state index contributed by atoms with van der Waals surface area (Å²) in [5, 5.41) is 14.3. The van der Waals surface area contributed by atoms with Gasteiger partial charge in [-0.2, -0.15) is 0 Å². The van der Waals surface area contributed by atoms with Crippen molar-refractivity contribution in [3.05, 3.63) is 119 Å². The molecule has 47 heavy (non-hydrogen) atoms. The van der Waals surface area contributed by atoms with Gasteiger partial charge < -0.3 is 5.32 Å². The van der Waals surface area contributed by atoms with Crippen molar-refractivity contribution >= 4 is 43.1 Å². The fraction of sp³-hybridized carbons (Fsp3) is 0.391. The Kier molecular flexibility index (Phi) is 22.6. The minimum absolute atomic E-state index is 0. The molecule has 0 atom stereocenters. The molecule has 0 saturated carbocycles. The van der Waals surface area contributed by atoms with Crippen molar-refractivity contribution in [3.63, 3.8) is 0 Å². The SMILES string of the molecule is C.C1CCNCC1.CC.CC.CC.CC.Cc1c2ccccc2c(C)c2ccccc12.Cc1c2ccccc2c(C)c2ccccc12. The van der Waals surface area contributed by atoms with Crippen LogP contribution < -0.4 is 5.32 Å². The third-order valence-corrected chi connectivity index (χ3v) is 8.15. The predicted octanol–water partition coefficient (Wildman–Crippen LogP) is 14.7. The van der Waals surface area contributed by atoms with Crippen LogP contribution in [0.15, 0.2) is 97.1 Å². The lowest BCUT2D eigenvalue weighted by Gasteiger charge is -2.11. The minimum Gasteiger partial charge on any atom is -0.317 e. The van der Waals surface area contributed by atoms with Crippen LogP contribution in [0.3, 0.4) is 0 Å². The van der Waals surface area contributed by atoms with E-state index in [1.807, 2.05) is 55.4 Å². The molecule has 0 aromatic heterocycles. The molecular weight excluding hydrogens is 567 g/mol. The van der Waals surface area contributed by atoms with Crippen molar-refractivity contribution in [2.24, 2.45) is 0 Å². The summed E-state index contributed by atoms with van der Waals surface area (Å²) in [5.41, 5.74) is 5.54. The van der Waals surface area contributed by atoms with Crippen LogP contribution in [0.25, 0.3) is 43.1 Å². The van der Waals surface area contributed by atoms with Crippen molar-refractivity contribution in [3.8, 4) is 0 Å². The molecule has 0 bridgehead atoms. The van der Waals surface area contributed by atoms with E-state index in [1.165, 1.54) is 97.7 Å². The van der Waals surface area contributed by atoms with Crippen molar-refractivity contribution in [2.45, 2.75) is 110 Å². The van der Waals surface area contributed by atoms with Gasteiger partial charge in [0.15, 0.2) is 0 Å².